The fourth-order valence-electron chi connectivity index (χ4n) is 0.508. The van der Waals surface area contributed by atoms with Crippen molar-refractivity contribution in [2.24, 2.45) is 16.3 Å². The molecule has 0 saturated carbocycles. The molecule has 4 heteroatoms. The van der Waals surface area contributed by atoms with Crippen LogP contribution >= 0.6 is 0 Å². The molecule has 1 radical (unpaired) electrons. The van der Waals surface area contributed by atoms with Crippen LogP contribution in [0.5, 0.6) is 0 Å². The molecule has 0 spiro atoms. The van der Waals surface area contributed by atoms with Gasteiger partial charge in [-0.1, -0.05) is 6.92 Å². The highest BCUT2D eigenvalue weighted by atomic mass is 16.3. The summed E-state index contributed by atoms with van der Waals surface area (Å²) in [6.45, 7) is 1.96. The lowest BCUT2D eigenvalue weighted by molar-refractivity contribution is 0.255. The molecule has 0 saturated heterocycles. The number of hydrogen-bond acceptors (Lipinski definition) is 3. The van der Waals surface area contributed by atoms with Gasteiger partial charge >= 0.3 is 0 Å². The molecular formula is C5H8N3O. The summed E-state index contributed by atoms with van der Waals surface area (Å²) in [5.74, 6) is 0.0556. The topological polar surface area (TPSA) is 59.0 Å². The lowest BCUT2D eigenvalue weighted by Gasteiger charge is -2.00. The van der Waals surface area contributed by atoms with E-state index in [4.69, 9.17) is 5.11 Å². The molecule has 1 aliphatic heterocycles. The maximum atomic E-state index is 8.61. The second-order valence-corrected chi connectivity index (χ2v) is 1.94. The predicted molar refractivity (Wildman–Crippen MR) is 31.3 cm³/mol. The third kappa shape index (κ3) is 1.26. The van der Waals surface area contributed by atoms with E-state index in [2.05, 4.69) is 15.8 Å². The van der Waals surface area contributed by atoms with Gasteiger partial charge in [-0.15, -0.1) is 10.5 Å². The number of nitrogens with zero attached hydrogens (tertiary/aromatic N) is 3. The lowest BCUT2D eigenvalue weighted by atomic mass is 10.1. The normalized spacial score (nSPS) is 19.1. The Balaban J connectivity index is 2.51. The minimum Gasteiger partial charge on any atom is -0.396 e. The maximum absolute atomic E-state index is 8.61. The first kappa shape index (κ1) is 6.22. The van der Waals surface area contributed by atoms with E-state index in [1.165, 1.54) is 0 Å². The average molecular weight is 126 g/mol. The van der Waals surface area contributed by atoms with Crippen molar-refractivity contribution in [2.45, 2.75) is 6.92 Å². The van der Waals surface area contributed by atoms with E-state index in [1.54, 1.807) is 6.20 Å². The van der Waals surface area contributed by atoms with Crippen LogP contribution in [0.3, 0.4) is 0 Å². The van der Waals surface area contributed by atoms with Crippen molar-refractivity contribution >= 4 is 0 Å². The van der Waals surface area contributed by atoms with Gasteiger partial charge in [0.1, 0.15) is 0 Å². The standard InChI is InChI=1S/C5H8N3O/c1-4(3-9)5-2-6-8-7-5/h2,4,9H,3H2,1H3. The van der Waals surface area contributed by atoms with Gasteiger partial charge < -0.3 is 5.11 Å². The van der Waals surface area contributed by atoms with Crippen LogP contribution < -0.4 is 5.43 Å². The van der Waals surface area contributed by atoms with Gasteiger partial charge in [0.25, 0.3) is 0 Å². The molecule has 1 aliphatic rings. The smallest absolute Gasteiger partial charge is 0.0901 e. The Labute approximate surface area is 53.3 Å². The highest BCUT2D eigenvalue weighted by Gasteiger charge is 2.09. The molecule has 1 atom stereocenters. The van der Waals surface area contributed by atoms with Crippen molar-refractivity contribution in [3.63, 3.8) is 0 Å². The molecular weight excluding hydrogens is 118 g/mol. The molecule has 0 aliphatic carbocycles. The molecule has 0 bridgehead atoms. The van der Waals surface area contributed by atoms with E-state index in [1.807, 2.05) is 6.92 Å². The minimum absolute atomic E-state index is 0.0556. The van der Waals surface area contributed by atoms with Crippen LogP contribution in [0.2, 0.25) is 0 Å². The lowest BCUT2D eigenvalue weighted by Crippen LogP contribution is -2.01. The molecule has 0 aromatic rings. The Hall–Kier alpha value is -0.900. The number of aliphatic hydroxyl groups is 1. The molecule has 49 valence electrons. The third-order valence-corrected chi connectivity index (χ3v) is 1.18. The summed E-state index contributed by atoms with van der Waals surface area (Å²) in [4.78, 5) is 0. The van der Waals surface area contributed by atoms with Crippen molar-refractivity contribution in [3.05, 3.63) is 11.9 Å². The number of rotatable bonds is 2. The van der Waals surface area contributed by atoms with Gasteiger partial charge in [-0.25, -0.2) is 0 Å². The van der Waals surface area contributed by atoms with Crippen molar-refractivity contribution in [2.75, 3.05) is 6.61 Å². The average Bonchev–Trinajstić information content (AvgIpc) is 2.37. The molecule has 1 N–H and O–H groups in total. The van der Waals surface area contributed by atoms with Crippen molar-refractivity contribution < 1.29 is 5.11 Å². The van der Waals surface area contributed by atoms with Gasteiger partial charge in [-0.3, -0.25) is 0 Å². The molecule has 1 rings (SSSR count). The summed E-state index contributed by atoms with van der Waals surface area (Å²) in [5.41, 5.74) is 4.27. The van der Waals surface area contributed by atoms with Gasteiger partial charge in [-0.2, -0.15) is 0 Å². The third-order valence-electron chi connectivity index (χ3n) is 1.18. The second kappa shape index (κ2) is 2.59. The molecule has 0 aromatic heterocycles. The van der Waals surface area contributed by atoms with Crippen LogP contribution in [0.4, 0.5) is 0 Å². The second-order valence-electron chi connectivity index (χ2n) is 1.94. The summed E-state index contributed by atoms with van der Waals surface area (Å²) >= 11 is 0. The van der Waals surface area contributed by atoms with Crippen molar-refractivity contribution in [3.8, 4) is 0 Å². The zero-order valence-corrected chi connectivity index (χ0v) is 5.15. The first-order valence-electron chi connectivity index (χ1n) is 2.76. The fourth-order valence-corrected chi connectivity index (χ4v) is 0.508. The first-order valence-corrected chi connectivity index (χ1v) is 2.76. The van der Waals surface area contributed by atoms with E-state index in [-0.39, 0.29) is 12.5 Å². The van der Waals surface area contributed by atoms with E-state index < -0.39 is 0 Å². The molecule has 0 aromatic carbocycles. The summed E-state index contributed by atoms with van der Waals surface area (Å²) in [6, 6.07) is 0. The fraction of sp³-hybridized carbons (Fsp3) is 0.600. The quantitative estimate of drug-likeness (QED) is 0.573. The summed E-state index contributed by atoms with van der Waals surface area (Å²) < 4.78 is 0. The molecule has 4 nitrogen and oxygen atoms in total. The molecule has 1 unspecified atom stereocenters. The van der Waals surface area contributed by atoms with Crippen molar-refractivity contribution in [1.82, 2.24) is 5.43 Å². The van der Waals surface area contributed by atoms with E-state index in [9.17, 15) is 0 Å². The van der Waals surface area contributed by atoms with Crippen LogP contribution in [-0.2, 0) is 0 Å². The first-order chi connectivity index (χ1) is 4.34. The van der Waals surface area contributed by atoms with Crippen LogP contribution in [0, 0.1) is 5.92 Å². The van der Waals surface area contributed by atoms with Gasteiger partial charge in [0.2, 0.25) is 0 Å². The van der Waals surface area contributed by atoms with Crippen LogP contribution in [0.25, 0.3) is 0 Å². The summed E-state index contributed by atoms with van der Waals surface area (Å²) in [7, 11) is 0. The predicted octanol–water partition coefficient (Wildman–Crippen LogP) is 0.441. The van der Waals surface area contributed by atoms with Gasteiger partial charge in [-0.05, 0) is 5.22 Å². The van der Waals surface area contributed by atoms with Crippen LogP contribution in [0.15, 0.2) is 22.2 Å². The molecule has 0 amide bonds. The Morgan fingerprint density at radius 3 is 3.00 bits per heavy atom. The zero-order chi connectivity index (χ0) is 6.69. The monoisotopic (exact) mass is 126 g/mol. The van der Waals surface area contributed by atoms with Crippen LogP contribution in [0.1, 0.15) is 6.92 Å². The molecule has 0 fully saturated rings. The summed E-state index contributed by atoms with van der Waals surface area (Å²) in [6.07, 6.45) is 1.56. The van der Waals surface area contributed by atoms with E-state index in [0.29, 0.717) is 0 Å². The maximum Gasteiger partial charge on any atom is 0.0901 e. The van der Waals surface area contributed by atoms with E-state index in [0.717, 1.165) is 5.70 Å². The Morgan fingerprint density at radius 2 is 2.56 bits per heavy atom. The number of aliphatic hydroxyl groups excluding tert-OH is 1. The minimum atomic E-state index is 0.0556. The highest BCUT2D eigenvalue weighted by Crippen LogP contribution is 2.13. The highest BCUT2D eigenvalue weighted by molar-refractivity contribution is 5.03. The van der Waals surface area contributed by atoms with Crippen LogP contribution in [-0.4, -0.2) is 11.7 Å². The Kier molecular flexibility index (Phi) is 1.79. The van der Waals surface area contributed by atoms with E-state index >= 15 is 0 Å². The van der Waals surface area contributed by atoms with Gasteiger partial charge in [0.05, 0.1) is 18.5 Å². The largest absolute Gasteiger partial charge is 0.396 e. The number of hydrogen-bond donors (Lipinski definition) is 1. The Bertz CT molecular complexity index is 152. The Morgan fingerprint density at radius 1 is 1.78 bits per heavy atom. The van der Waals surface area contributed by atoms with Gasteiger partial charge in [0, 0.05) is 5.92 Å². The summed E-state index contributed by atoms with van der Waals surface area (Å²) in [5, 5.41) is 15.7. The molecule has 9 heavy (non-hydrogen) atoms. The zero-order valence-electron chi connectivity index (χ0n) is 5.15. The van der Waals surface area contributed by atoms with Gasteiger partial charge in [0.15, 0.2) is 0 Å². The molecule has 1 heterocycles. The van der Waals surface area contributed by atoms with Crippen molar-refractivity contribution in [1.29, 1.82) is 0 Å². The SMILES string of the molecule is CC(CO)C1=C[N]N=N1.